The summed E-state index contributed by atoms with van der Waals surface area (Å²) < 4.78 is 21.8. The average Bonchev–Trinajstić information content (AvgIpc) is 2.70. The van der Waals surface area contributed by atoms with Gasteiger partial charge in [-0.15, -0.1) is 22.7 Å². The summed E-state index contributed by atoms with van der Waals surface area (Å²) in [6.45, 7) is 1.93. The Morgan fingerprint density at radius 1 is 1.36 bits per heavy atom. The van der Waals surface area contributed by atoms with Crippen molar-refractivity contribution >= 4 is 33.4 Å². The van der Waals surface area contributed by atoms with Crippen LogP contribution in [0.1, 0.15) is 5.01 Å². The molecule has 0 atom stereocenters. The maximum atomic E-state index is 10.7. The minimum Gasteiger partial charge on any atom is -0.241 e. The van der Waals surface area contributed by atoms with Crippen LogP contribution >= 0.6 is 22.7 Å². The predicted molar refractivity (Wildman–Crippen MR) is 58.7 cm³/mol. The monoisotopic (exact) mass is 245 g/mol. The van der Waals surface area contributed by atoms with Gasteiger partial charge >= 0.3 is 0 Å². The fourth-order valence-electron chi connectivity index (χ4n) is 1.04. The lowest BCUT2D eigenvalue weighted by molar-refractivity contribution is 0.616. The molecule has 0 amide bonds. The lowest BCUT2D eigenvalue weighted by Crippen LogP contribution is -1.71. The summed E-state index contributed by atoms with van der Waals surface area (Å²) in [4.78, 5) is 5.19. The Kier molecular flexibility index (Phi) is 2.66. The number of rotatable bonds is 2. The Bertz CT molecular complexity index is 516. The summed E-state index contributed by atoms with van der Waals surface area (Å²) >= 11 is 2.82. The van der Waals surface area contributed by atoms with E-state index in [0.717, 1.165) is 15.6 Å². The van der Waals surface area contributed by atoms with Crippen LogP contribution in [0.2, 0.25) is 0 Å². The maximum Gasteiger partial charge on any atom is 0.177 e. The van der Waals surface area contributed by atoms with Crippen molar-refractivity contribution in [1.82, 2.24) is 4.98 Å². The summed E-state index contributed by atoms with van der Waals surface area (Å²) in [6.07, 6.45) is 0. The smallest absolute Gasteiger partial charge is 0.177 e. The zero-order valence-electron chi connectivity index (χ0n) is 7.26. The molecule has 3 nitrogen and oxygen atoms in total. The van der Waals surface area contributed by atoms with Crippen LogP contribution in [-0.2, 0) is 10.7 Å². The highest BCUT2D eigenvalue weighted by molar-refractivity contribution is 7.75. The van der Waals surface area contributed by atoms with Crippen molar-refractivity contribution in [3.8, 4) is 10.6 Å². The van der Waals surface area contributed by atoms with Gasteiger partial charge in [0, 0.05) is 5.38 Å². The number of thiophene rings is 1. The molecule has 0 saturated carbocycles. The topological polar surface area (TPSA) is 47.0 Å². The number of aromatic nitrogens is 1. The Labute approximate surface area is 91.0 Å². The first kappa shape index (κ1) is 9.82. The molecule has 0 aliphatic carbocycles. The highest BCUT2D eigenvalue weighted by atomic mass is 32.2. The molecule has 14 heavy (non-hydrogen) atoms. The normalized spacial score (nSPS) is 11.0. The van der Waals surface area contributed by atoms with E-state index >= 15 is 0 Å². The largest absolute Gasteiger partial charge is 0.241 e. The SMILES string of the molecule is Cc1nc(-c2ccc([SH](=O)=O)s2)cs1. The van der Waals surface area contributed by atoms with Crippen LogP contribution in [0.15, 0.2) is 21.7 Å². The van der Waals surface area contributed by atoms with Crippen LogP contribution in [0.5, 0.6) is 0 Å². The third-order valence-electron chi connectivity index (χ3n) is 1.64. The minimum atomic E-state index is -2.46. The van der Waals surface area contributed by atoms with Gasteiger partial charge in [0.25, 0.3) is 0 Å². The van der Waals surface area contributed by atoms with Crippen LogP contribution in [0.3, 0.4) is 0 Å². The summed E-state index contributed by atoms with van der Waals surface area (Å²) in [5.74, 6) is 0. The quantitative estimate of drug-likeness (QED) is 0.825. The van der Waals surface area contributed by atoms with Crippen LogP contribution in [0, 0.1) is 6.92 Å². The highest BCUT2D eigenvalue weighted by Gasteiger charge is 2.06. The average molecular weight is 245 g/mol. The zero-order chi connectivity index (χ0) is 10.1. The maximum absolute atomic E-state index is 10.7. The van der Waals surface area contributed by atoms with E-state index < -0.39 is 10.7 Å². The van der Waals surface area contributed by atoms with E-state index in [2.05, 4.69) is 4.98 Å². The van der Waals surface area contributed by atoms with Gasteiger partial charge in [0.15, 0.2) is 10.7 Å². The minimum absolute atomic E-state index is 0.389. The van der Waals surface area contributed by atoms with Gasteiger partial charge in [-0.2, -0.15) is 0 Å². The second kappa shape index (κ2) is 3.80. The van der Waals surface area contributed by atoms with E-state index in [9.17, 15) is 8.42 Å². The fourth-order valence-corrected chi connectivity index (χ4v) is 3.22. The first-order valence-corrected chi connectivity index (χ1v) is 6.71. The van der Waals surface area contributed by atoms with Gasteiger partial charge in [-0.1, -0.05) is 0 Å². The molecule has 6 heteroatoms. The molecule has 0 N–H and O–H groups in total. The van der Waals surface area contributed by atoms with Gasteiger partial charge in [-0.3, -0.25) is 0 Å². The van der Waals surface area contributed by atoms with Crippen LogP contribution < -0.4 is 0 Å². The van der Waals surface area contributed by atoms with E-state index in [4.69, 9.17) is 0 Å². The second-order valence-electron chi connectivity index (χ2n) is 2.65. The highest BCUT2D eigenvalue weighted by Crippen LogP contribution is 2.29. The Morgan fingerprint density at radius 2 is 2.14 bits per heavy atom. The van der Waals surface area contributed by atoms with Crippen LogP contribution in [0.25, 0.3) is 10.6 Å². The molecule has 0 unspecified atom stereocenters. The lowest BCUT2D eigenvalue weighted by Gasteiger charge is -1.86. The van der Waals surface area contributed by atoms with Crippen molar-refractivity contribution in [2.75, 3.05) is 0 Å². The van der Waals surface area contributed by atoms with Crippen LogP contribution in [0.4, 0.5) is 0 Å². The zero-order valence-corrected chi connectivity index (χ0v) is 9.79. The van der Waals surface area contributed by atoms with E-state index in [-0.39, 0.29) is 0 Å². The number of aryl methyl sites for hydroxylation is 1. The van der Waals surface area contributed by atoms with E-state index in [0.29, 0.717) is 4.21 Å². The van der Waals surface area contributed by atoms with Gasteiger partial charge in [0.1, 0.15) is 4.21 Å². The fraction of sp³-hybridized carbons (Fsp3) is 0.125. The van der Waals surface area contributed by atoms with Crippen molar-refractivity contribution in [3.05, 3.63) is 22.5 Å². The van der Waals surface area contributed by atoms with Crippen molar-refractivity contribution in [1.29, 1.82) is 0 Å². The Morgan fingerprint density at radius 3 is 2.64 bits per heavy atom. The van der Waals surface area contributed by atoms with Gasteiger partial charge < -0.3 is 0 Å². The van der Waals surface area contributed by atoms with Gasteiger partial charge in [-0.05, 0) is 19.1 Å². The molecule has 0 bridgehead atoms. The standard InChI is InChI=1S/C8H7NO2S3/c1-5-9-6(4-12-5)7-2-3-8(13-7)14(10)11/h2-4,14H,1H3. The molecule has 2 aromatic heterocycles. The Balaban J connectivity index is 2.43. The summed E-state index contributed by atoms with van der Waals surface area (Å²) in [6, 6.07) is 3.40. The third kappa shape index (κ3) is 1.87. The molecule has 0 spiro atoms. The van der Waals surface area contributed by atoms with Gasteiger partial charge in [-0.25, -0.2) is 13.4 Å². The third-order valence-corrected chi connectivity index (χ3v) is 4.56. The summed E-state index contributed by atoms with van der Waals surface area (Å²) in [7, 11) is -2.46. The Hall–Kier alpha value is -0.720. The van der Waals surface area contributed by atoms with Crippen molar-refractivity contribution in [2.24, 2.45) is 0 Å². The number of nitrogens with zero attached hydrogens (tertiary/aromatic N) is 1. The summed E-state index contributed by atoms with van der Waals surface area (Å²) in [5.41, 5.74) is 0.862. The van der Waals surface area contributed by atoms with Crippen molar-refractivity contribution in [3.63, 3.8) is 0 Å². The second-order valence-corrected chi connectivity index (χ2v) is 6.09. The molecule has 2 rings (SSSR count). The molecule has 0 saturated heterocycles. The molecule has 2 aromatic rings. The molecule has 2 heterocycles. The van der Waals surface area contributed by atoms with E-state index in [1.165, 1.54) is 11.3 Å². The molecule has 0 radical (unpaired) electrons. The summed E-state index contributed by atoms with van der Waals surface area (Å²) in [5, 5.41) is 2.92. The molecule has 0 fully saturated rings. The first-order valence-electron chi connectivity index (χ1n) is 3.83. The first-order chi connectivity index (χ1) is 6.66. The molecule has 0 aliphatic heterocycles. The predicted octanol–water partition coefficient (Wildman–Crippen LogP) is 2.15. The van der Waals surface area contributed by atoms with Gasteiger partial charge in [0.05, 0.1) is 15.6 Å². The molecular formula is C8H7NO2S3. The van der Waals surface area contributed by atoms with E-state index in [1.54, 1.807) is 23.5 Å². The van der Waals surface area contributed by atoms with Crippen molar-refractivity contribution in [2.45, 2.75) is 11.1 Å². The molecule has 74 valence electrons. The molecule has 0 aliphatic rings. The van der Waals surface area contributed by atoms with E-state index in [1.807, 2.05) is 12.3 Å². The molecular weight excluding hydrogens is 238 g/mol. The number of hydrogen-bond acceptors (Lipinski definition) is 5. The number of thiazole rings is 1. The van der Waals surface area contributed by atoms with Crippen molar-refractivity contribution < 1.29 is 8.42 Å². The number of thiol groups is 1. The number of hydrogen-bond donors (Lipinski definition) is 1. The van der Waals surface area contributed by atoms with Gasteiger partial charge in [0.2, 0.25) is 0 Å². The van der Waals surface area contributed by atoms with Crippen LogP contribution in [-0.4, -0.2) is 13.4 Å². The molecule has 0 aromatic carbocycles. The lowest BCUT2D eigenvalue weighted by atomic mass is 10.4.